The summed E-state index contributed by atoms with van der Waals surface area (Å²) in [5.41, 5.74) is 3.39. The minimum Gasteiger partial charge on any atom is -0.325 e. The molecule has 0 aliphatic carbocycles. The van der Waals surface area contributed by atoms with Gasteiger partial charge < -0.3 is 5.32 Å². The van der Waals surface area contributed by atoms with Crippen LogP contribution in [0.4, 0.5) is 5.69 Å². The molecule has 28 heavy (non-hydrogen) atoms. The van der Waals surface area contributed by atoms with Crippen molar-refractivity contribution >= 4 is 33.4 Å². The number of carbonyl (C=O) groups excluding carboxylic acids is 1. The summed E-state index contributed by atoms with van der Waals surface area (Å²) in [5, 5.41) is 20.0. The van der Waals surface area contributed by atoms with Crippen LogP contribution in [0, 0.1) is 13.8 Å². The molecule has 3 aromatic rings. The smallest absolute Gasteiger partial charge is 0.238 e. The average Bonchev–Trinajstić information content (AvgIpc) is 3.08. The SMILES string of the molecule is Cc1cccc(C)c1-n1nnnc1SCC(=O)Nc1ccc(S(N)(=O)=O)cc1. The van der Waals surface area contributed by atoms with E-state index < -0.39 is 10.0 Å². The Labute approximate surface area is 166 Å². The van der Waals surface area contributed by atoms with Crippen LogP contribution in [-0.4, -0.2) is 40.3 Å². The lowest BCUT2D eigenvalue weighted by Gasteiger charge is -2.10. The fourth-order valence-electron chi connectivity index (χ4n) is 2.60. The van der Waals surface area contributed by atoms with Gasteiger partial charge in [0.25, 0.3) is 0 Å². The molecule has 0 aliphatic rings. The van der Waals surface area contributed by atoms with E-state index in [0.29, 0.717) is 10.8 Å². The van der Waals surface area contributed by atoms with Crippen LogP contribution in [0.1, 0.15) is 11.1 Å². The molecule has 1 aromatic heterocycles. The molecule has 0 saturated heterocycles. The van der Waals surface area contributed by atoms with E-state index in [-0.39, 0.29) is 16.6 Å². The Hall–Kier alpha value is -2.76. The lowest BCUT2D eigenvalue weighted by molar-refractivity contribution is -0.113. The van der Waals surface area contributed by atoms with Gasteiger partial charge in [-0.05, 0) is 59.7 Å². The molecule has 146 valence electrons. The minimum absolute atomic E-state index is 0.0207. The van der Waals surface area contributed by atoms with Gasteiger partial charge in [-0.25, -0.2) is 13.6 Å². The Balaban J connectivity index is 1.67. The number of primary sulfonamides is 1. The van der Waals surface area contributed by atoms with Crippen LogP contribution in [0.3, 0.4) is 0 Å². The van der Waals surface area contributed by atoms with Gasteiger partial charge in [0.15, 0.2) is 0 Å². The Morgan fingerprint density at radius 1 is 1.14 bits per heavy atom. The summed E-state index contributed by atoms with van der Waals surface area (Å²) in [7, 11) is -3.77. The third kappa shape index (κ3) is 4.55. The zero-order valence-electron chi connectivity index (χ0n) is 15.2. The number of thioether (sulfide) groups is 1. The Morgan fingerprint density at radius 2 is 1.79 bits per heavy atom. The van der Waals surface area contributed by atoms with Gasteiger partial charge in [0.2, 0.25) is 21.1 Å². The summed E-state index contributed by atoms with van der Waals surface area (Å²) in [6, 6.07) is 11.5. The predicted molar refractivity (Wildman–Crippen MR) is 106 cm³/mol. The van der Waals surface area contributed by atoms with Crippen molar-refractivity contribution in [2.24, 2.45) is 5.14 Å². The highest BCUT2D eigenvalue weighted by atomic mass is 32.2. The Bertz CT molecular complexity index is 1090. The zero-order valence-corrected chi connectivity index (χ0v) is 16.8. The number of rotatable bonds is 6. The Morgan fingerprint density at radius 3 is 2.39 bits per heavy atom. The molecule has 0 fully saturated rings. The summed E-state index contributed by atoms with van der Waals surface area (Å²) in [6.45, 7) is 3.94. The van der Waals surface area contributed by atoms with E-state index in [1.807, 2.05) is 32.0 Å². The van der Waals surface area contributed by atoms with E-state index >= 15 is 0 Å². The fourth-order valence-corrected chi connectivity index (χ4v) is 3.80. The largest absolute Gasteiger partial charge is 0.325 e. The number of nitrogens with zero attached hydrogens (tertiary/aromatic N) is 4. The lowest BCUT2D eigenvalue weighted by Crippen LogP contribution is -2.15. The molecule has 2 aromatic carbocycles. The molecule has 0 saturated carbocycles. The van der Waals surface area contributed by atoms with Gasteiger partial charge in [0.05, 0.1) is 16.3 Å². The van der Waals surface area contributed by atoms with Gasteiger partial charge in [-0.3, -0.25) is 4.79 Å². The van der Waals surface area contributed by atoms with Crippen molar-refractivity contribution in [2.45, 2.75) is 23.9 Å². The van der Waals surface area contributed by atoms with Crippen LogP contribution in [0.15, 0.2) is 52.5 Å². The highest BCUT2D eigenvalue weighted by Gasteiger charge is 2.15. The van der Waals surface area contributed by atoms with E-state index in [2.05, 4.69) is 20.8 Å². The zero-order chi connectivity index (χ0) is 20.3. The molecule has 3 rings (SSSR count). The highest BCUT2D eigenvalue weighted by Crippen LogP contribution is 2.23. The monoisotopic (exact) mass is 418 g/mol. The quantitative estimate of drug-likeness (QED) is 0.582. The van der Waals surface area contributed by atoms with Crippen LogP contribution in [-0.2, 0) is 14.8 Å². The first kappa shape index (κ1) is 20.0. The number of aromatic nitrogens is 4. The van der Waals surface area contributed by atoms with Gasteiger partial charge in [-0.1, -0.05) is 30.0 Å². The van der Waals surface area contributed by atoms with E-state index in [1.165, 1.54) is 36.0 Å². The number of carbonyl (C=O) groups is 1. The second-order valence-electron chi connectivity index (χ2n) is 6.02. The lowest BCUT2D eigenvalue weighted by atomic mass is 10.1. The summed E-state index contributed by atoms with van der Waals surface area (Å²) >= 11 is 1.20. The number of para-hydroxylation sites is 1. The van der Waals surface area contributed by atoms with E-state index in [1.54, 1.807) is 4.68 Å². The number of nitrogens with two attached hydrogens (primary N) is 1. The normalized spacial score (nSPS) is 11.4. The number of hydrogen-bond acceptors (Lipinski definition) is 7. The predicted octanol–water partition coefficient (Wildman–Crippen LogP) is 1.66. The number of anilines is 1. The third-order valence-electron chi connectivity index (χ3n) is 3.89. The van der Waals surface area contributed by atoms with E-state index in [0.717, 1.165) is 16.8 Å². The molecule has 0 spiro atoms. The molecule has 11 heteroatoms. The van der Waals surface area contributed by atoms with Crippen LogP contribution in [0.2, 0.25) is 0 Å². The second-order valence-corrected chi connectivity index (χ2v) is 8.52. The number of aryl methyl sites for hydroxylation is 2. The number of benzene rings is 2. The number of nitrogens with one attached hydrogen (secondary N) is 1. The molecule has 0 atom stereocenters. The van der Waals surface area contributed by atoms with Crippen molar-refractivity contribution in [2.75, 3.05) is 11.1 Å². The fraction of sp³-hybridized carbons (Fsp3) is 0.176. The molecule has 0 bridgehead atoms. The second kappa shape index (κ2) is 8.09. The van der Waals surface area contributed by atoms with Gasteiger partial charge in [0, 0.05) is 5.69 Å². The number of amides is 1. The highest BCUT2D eigenvalue weighted by molar-refractivity contribution is 7.99. The summed E-state index contributed by atoms with van der Waals surface area (Å²) in [4.78, 5) is 12.2. The molecular weight excluding hydrogens is 400 g/mol. The molecule has 0 radical (unpaired) electrons. The van der Waals surface area contributed by atoms with Gasteiger partial charge in [-0.2, -0.15) is 4.68 Å². The molecule has 1 amide bonds. The number of sulfonamides is 1. The first-order valence-corrected chi connectivity index (χ1v) is 10.7. The van der Waals surface area contributed by atoms with Crippen LogP contribution >= 0.6 is 11.8 Å². The topological polar surface area (TPSA) is 133 Å². The van der Waals surface area contributed by atoms with Crippen molar-refractivity contribution in [3.8, 4) is 5.69 Å². The number of hydrogen-bond donors (Lipinski definition) is 2. The maximum Gasteiger partial charge on any atom is 0.238 e. The maximum absolute atomic E-state index is 12.2. The van der Waals surface area contributed by atoms with Gasteiger partial charge in [-0.15, -0.1) is 5.10 Å². The van der Waals surface area contributed by atoms with Crippen molar-refractivity contribution in [1.82, 2.24) is 20.2 Å². The number of tetrazole rings is 1. The third-order valence-corrected chi connectivity index (χ3v) is 5.74. The molecule has 3 N–H and O–H groups in total. The maximum atomic E-state index is 12.2. The van der Waals surface area contributed by atoms with Crippen LogP contribution in [0.5, 0.6) is 0 Å². The standard InChI is InChI=1S/C17H18N6O3S2/c1-11-4-3-5-12(2)16(11)23-17(20-21-22-23)27-10-15(24)19-13-6-8-14(9-7-13)28(18,25)26/h3-9H,10H2,1-2H3,(H,19,24)(H2,18,25,26). The molecule has 0 unspecified atom stereocenters. The summed E-state index contributed by atoms with van der Waals surface area (Å²) in [6.07, 6.45) is 0. The van der Waals surface area contributed by atoms with Crippen LogP contribution < -0.4 is 10.5 Å². The van der Waals surface area contributed by atoms with Gasteiger partial charge in [0.1, 0.15) is 0 Å². The van der Waals surface area contributed by atoms with E-state index in [9.17, 15) is 13.2 Å². The summed E-state index contributed by atoms with van der Waals surface area (Å²) < 4.78 is 24.1. The Kier molecular flexibility index (Phi) is 5.77. The van der Waals surface area contributed by atoms with Crippen molar-refractivity contribution in [3.05, 3.63) is 53.6 Å². The van der Waals surface area contributed by atoms with E-state index in [4.69, 9.17) is 5.14 Å². The first-order chi connectivity index (χ1) is 13.3. The average molecular weight is 419 g/mol. The first-order valence-electron chi connectivity index (χ1n) is 8.16. The molecule has 1 heterocycles. The molecular formula is C17H18N6O3S2. The van der Waals surface area contributed by atoms with Gasteiger partial charge >= 0.3 is 0 Å². The molecule has 9 nitrogen and oxygen atoms in total. The van der Waals surface area contributed by atoms with Crippen molar-refractivity contribution < 1.29 is 13.2 Å². The summed E-state index contributed by atoms with van der Waals surface area (Å²) in [5.74, 6) is -0.188. The molecule has 0 aliphatic heterocycles. The minimum atomic E-state index is -3.77. The van der Waals surface area contributed by atoms with Crippen molar-refractivity contribution in [1.29, 1.82) is 0 Å². The van der Waals surface area contributed by atoms with Crippen LogP contribution in [0.25, 0.3) is 5.69 Å². The van der Waals surface area contributed by atoms with Crippen molar-refractivity contribution in [3.63, 3.8) is 0 Å².